The van der Waals surface area contributed by atoms with E-state index >= 15 is 0 Å². The van der Waals surface area contributed by atoms with Crippen LogP contribution in [0.3, 0.4) is 0 Å². The summed E-state index contributed by atoms with van der Waals surface area (Å²) in [7, 11) is -3.07. The molecule has 0 unspecified atom stereocenters. The van der Waals surface area contributed by atoms with Crippen molar-refractivity contribution >= 4 is 21.6 Å². The van der Waals surface area contributed by atoms with Crippen LogP contribution in [0.2, 0.25) is 0 Å². The molecular weight excluding hydrogens is 246 g/mol. The van der Waals surface area contributed by atoms with Gasteiger partial charge in [-0.15, -0.1) is 11.6 Å². The van der Waals surface area contributed by atoms with Crippen LogP contribution in [0.4, 0.5) is 0 Å². The summed E-state index contributed by atoms with van der Waals surface area (Å²) in [4.78, 5) is 0. The molecule has 0 bridgehead atoms. The summed E-state index contributed by atoms with van der Waals surface area (Å²) >= 11 is 5.73. The molecule has 94 valence electrons. The van der Waals surface area contributed by atoms with Gasteiger partial charge in [0.15, 0.2) is 0 Å². The van der Waals surface area contributed by atoms with Gasteiger partial charge in [-0.05, 0) is 25.7 Å². The maximum atomic E-state index is 12.4. The second-order valence-electron chi connectivity index (χ2n) is 4.84. The van der Waals surface area contributed by atoms with Crippen molar-refractivity contribution in [2.24, 2.45) is 0 Å². The molecule has 0 saturated heterocycles. The first-order valence-electron chi connectivity index (χ1n) is 6.23. The van der Waals surface area contributed by atoms with Crippen LogP contribution in [0.25, 0.3) is 0 Å². The fraction of sp³-hybridized carbons (Fsp3) is 1.00. The summed E-state index contributed by atoms with van der Waals surface area (Å²) in [5.41, 5.74) is 0. The minimum atomic E-state index is -3.07. The largest absolute Gasteiger partial charge is 0.217 e. The van der Waals surface area contributed by atoms with Crippen LogP contribution >= 0.6 is 11.6 Å². The average molecular weight is 266 g/mol. The van der Waals surface area contributed by atoms with E-state index < -0.39 is 10.0 Å². The Morgan fingerprint density at radius 2 is 1.69 bits per heavy atom. The van der Waals surface area contributed by atoms with Gasteiger partial charge in [0.05, 0.1) is 5.25 Å². The first-order chi connectivity index (χ1) is 7.66. The fourth-order valence-corrected chi connectivity index (χ4v) is 5.22. The van der Waals surface area contributed by atoms with Gasteiger partial charge in [-0.1, -0.05) is 19.3 Å². The van der Waals surface area contributed by atoms with Crippen molar-refractivity contribution in [1.82, 2.24) is 4.31 Å². The summed E-state index contributed by atoms with van der Waals surface area (Å²) < 4.78 is 26.5. The van der Waals surface area contributed by atoms with Crippen molar-refractivity contribution in [2.75, 3.05) is 12.4 Å². The molecule has 2 fully saturated rings. The summed E-state index contributed by atoms with van der Waals surface area (Å²) in [6, 6.07) is 0.240. The van der Waals surface area contributed by atoms with Crippen LogP contribution in [0.15, 0.2) is 0 Å². The number of rotatable bonds is 5. The highest BCUT2D eigenvalue weighted by molar-refractivity contribution is 7.89. The molecule has 3 nitrogen and oxygen atoms in total. The lowest BCUT2D eigenvalue weighted by Crippen LogP contribution is -2.48. The Morgan fingerprint density at radius 3 is 2.12 bits per heavy atom. The van der Waals surface area contributed by atoms with Gasteiger partial charge in [-0.3, -0.25) is 0 Å². The maximum absolute atomic E-state index is 12.4. The fourth-order valence-electron chi connectivity index (χ4n) is 2.65. The quantitative estimate of drug-likeness (QED) is 0.716. The summed E-state index contributed by atoms with van der Waals surface area (Å²) in [6.45, 7) is 0.491. The van der Waals surface area contributed by atoms with Crippen LogP contribution in [0, 0.1) is 0 Å². The van der Waals surface area contributed by atoms with Gasteiger partial charge < -0.3 is 0 Å². The molecule has 0 heterocycles. The van der Waals surface area contributed by atoms with Crippen LogP contribution in [-0.2, 0) is 10.0 Å². The van der Waals surface area contributed by atoms with Gasteiger partial charge in [0.1, 0.15) is 0 Å². The van der Waals surface area contributed by atoms with E-state index in [1.165, 1.54) is 0 Å². The van der Waals surface area contributed by atoms with E-state index in [0.717, 1.165) is 44.9 Å². The SMILES string of the molecule is O=S(=O)(C1CCCC1)N(CCCl)C1CCC1. The molecule has 0 aromatic heterocycles. The van der Waals surface area contributed by atoms with E-state index in [9.17, 15) is 8.42 Å². The first kappa shape index (κ1) is 12.7. The van der Waals surface area contributed by atoms with E-state index in [1.807, 2.05) is 0 Å². The second kappa shape index (κ2) is 5.23. The normalized spacial score (nSPS) is 23.9. The maximum Gasteiger partial charge on any atom is 0.217 e. The summed E-state index contributed by atoms with van der Waals surface area (Å²) in [6.07, 6.45) is 6.99. The van der Waals surface area contributed by atoms with Crippen LogP contribution in [0.5, 0.6) is 0 Å². The second-order valence-corrected chi connectivity index (χ2v) is 7.38. The first-order valence-corrected chi connectivity index (χ1v) is 8.26. The Bertz CT molecular complexity index is 321. The molecular formula is C11H20ClNO2S. The zero-order valence-electron chi connectivity index (χ0n) is 9.57. The molecule has 0 aromatic carbocycles. The number of nitrogens with zero attached hydrogens (tertiary/aromatic N) is 1. The molecule has 0 spiro atoms. The zero-order chi connectivity index (χ0) is 11.6. The lowest BCUT2D eigenvalue weighted by molar-refractivity contribution is 0.225. The summed E-state index contributed by atoms with van der Waals surface area (Å²) in [5.74, 6) is 0.405. The molecule has 2 aliphatic rings. The molecule has 0 radical (unpaired) electrons. The van der Waals surface area contributed by atoms with Crippen molar-refractivity contribution in [3.05, 3.63) is 0 Å². The van der Waals surface area contributed by atoms with Gasteiger partial charge in [0.25, 0.3) is 0 Å². The molecule has 0 amide bonds. The lowest BCUT2D eigenvalue weighted by Gasteiger charge is -2.37. The average Bonchev–Trinajstić information content (AvgIpc) is 2.67. The Balaban J connectivity index is 2.10. The van der Waals surface area contributed by atoms with E-state index in [0.29, 0.717) is 12.4 Å². The lowest BCUT2D eigenvalue weighted by atomic mass is 9.93. The molecule has 0 N–H and O–H groups in total. The highest BCUT2D eigenvalue weighted by atomic mass is 35.5. The molecule has 16 heavy (non-hydrogen) atoms. The van der Waals surface area contributed by atoms with Gasteiger partial charge in [-0.25, -0.2) is 8.42 Å². The Labute approximate surface area is 103 Å². The van der Waals surface area contributed by atoms with Crippen molar-refractivity contribution in [2.45, 2.75) is 56.2 Å². The zero-order valence-corrected chi connectivity index (χ0v) is 11.1. The van der Waals surface area contributed by atoms with Crippen LogP contribution in [-0.4, -0.2) is 36.4 Å². The number of hydrogen-bond donors (Lipinski definition) is 0. The smallest absolute Gasteiger partial charge is 0.212 e. The highest BCUT2D eigenvalue weighted by Crippen LogP contribution is 2.33. The number of sulfonamides is 1. The van der Waals surface area contributed by atoms with E-state index in [-0.39, 0.29) is 11.3 Å². The third-order valence-corrected chi connectivity index (χ3v) is 6.45. The predicted molar refractivity (Wildman–Crippen MR) is 66.2 cm³/mol. The molecule has 0 aromatic rings. The minimum Gasteiger partial charge on any atom is -0.212 e. The van der Waals surface area contributed by atoms with Crippen molar-refractivity contribution in [3.63, 3.8) is 0 Å². The van der Waals surface area contributed by atoms with E-state index in [1.54, 1.807) is 4.31 Å². The molecule has 2 saturated carbocycles. The Hall–Kier alpha value is 0.200. The van der Waals surface area contributed by atoms with Crippen molar-refractivity contribution < 1.29 is 8.42 Å². The molecule has 5 heteroatoms. The number of halogens is 1. The topological polar surface area (TPSA) is 37.4 Å². The van der Waals surface area contributed by atoms with Gasteiger partial charge in [-0.2, -0.15) is 4.31 Å². The van der Waals surface area contributed by atoms with E-state index in [2.05, 4.69) is 0 Å². The van der Waals surface area contributed by atoms with Crippen LogP contribution in [0.1, 0.15) is 44.9 Å². The number of hydrogen-bond acceptors (Lipinski definition) is 2. The monoisotopic (exact) mass is 265 g/mol. The molecule has 2 rings (SSSR count). The molecule has 0 atom stereocenters. The third kappa shape index (κ3) is 2.39. The van der Waals surface area contributed by atoms with Crippen molar-refractivity contribution in [3.8, 4) is 0 Å². The Kier molecular flexibility index (Phi) is 4.14. The third-order valence-electron chi connectivity index (χ3n) is 3.84. The van der Waals surface area contributed by atoms with Gasteiger partial charge in [0, 0.05) is 18.5 Å². The Morgan fingerprint density at radius 1 is 1.06 bits per heavy atom. The summed E-state index contributed by atoms with van der Waals surface area (Å²) in [5, 5.41) is -0.128. The standard InChI is InChI=1S/C11H20ClNO2S/c12-8-9-13(10-4-3-5-10)16(14,15)11-6-1-2-7-11/h10-11H,1-9H2. The number of alkyl halides is 1. The highest BCUT2D eigenvalue weighted by Gasteiger charge is 2.39. The predicted octanol–water partition coefficient (Wildman–Crippen LogP) is 2.35. The van der Waals surface area contributed by atoms with Gasteiger partial charge in [0.2, 0.25) is 10.0 Å². The van der Waals surface area contributed by atoms with Gasteiger partial charge >= 0.3 is 0 Å². The molecule has 2 aliphatic carbocycles. The van der Waals surface area contributed by atoms with Crippen molar-refractivity contribution in [1.29, 1.82) is 0 Å². The molecule has 0 aliphatic heterocycles. The minimum absolute atomic E-state index is 0.128. The van der Waals surface area contributed by atoms with E-state index in [4.69, 9.17) is 11.6 Å². The van der Waals surface area contributed by atoms with Crippen LogP contribution < -0.4 is 0 Å².